The zero-order valence-electron chi connectivity index (χ0n) is 17.1. The zero-order chi connectivity index (χ0) is 19.4. The Bertz CT molecular complexity index is 522. The first kappa shape index (κ1) is 23.1. The summed E-state index contributed by atoms with van der Waals surface area (Å²) in [5, 5.41) is 0. The lowest BCUT2D eigenvalue weighted by molar-refractivity contribution is -0.145. The van der Waals surface area contributed by atoms with Gasteiger partial charge in [0.05, 0.1) is 0 Å². The molecule has 0 aliphatic heterocycles. The van der Waals surface area contributed by atoms with Crippen molar-refractivity contribution in [1.82, 2.24) is 4.98 Å². The lowest BCUT2D eigenvalue weighted by Crippen LogP contribution is -2.04. The first-order valence-electron chi connectivity index (χ1n) is 10.7. The van der Waals surface area contributed by atoms with Crippen LogP contribution in [0, 0.1) is 0 Å². The highest BCUT2D eigenvalue weighted by Gasteiger charge is 2.02. The summed E-state index contributed by atoms with van der Waals surface area (Å²) in [5.74, 6) is -0.123. The molecular weight excluding hydrogens is 334 g/mol. The van der Waals surface area contributed by atoms with Gasteiger partial charge in [0.25, 0.3) is 0 Å². The lowest BCUT2D eigenvalue weighted by atomic mass is 10.1. The summed E-state index contributed by atoms with van der Waals surface area (Å²) in [6, 6.07) is 3.76. The lowest BCUT2D eigenvalue weighted by Gasteiger charge is -2.04. The highest BCUT2D eigenvalue weighted by atomic mass is 16.5. The third-order valence-electron chi connectivity index (χ3n) is 4.43. The molecule has 0 fully saturated rings. The Kier molecular flexibility index (Phi) is 15.0. The molecule has 1 aromatic heterocycles. The van der Waals surface area contributed by atoms with Crippen LogP contribution in [-0.4, -0.2) is 11.0 Å². The number of carbonyl (C=O) groups is 1. The minimum absolute atomic E-state index is 0.123. The third-order valence-corrected chi connectivity index (χ3v) is 4.43. The van der Waals surface area contributed by atoms with Crippen LogP contribution in [0.25, 0.3) is 0 Å². The number of ether oxygens (including phenoxy) is 1. The van der Waals surface area contributed by atoms with Crippen LogP contribution in [0.2, 0.25) is 0 Å². The molecule has 0 amide bonds. The molecule has 0 aromatic carbocycles. The van der Waals surface area contributed by atoms with Crippen LogP contribution in [-0.2, 0) is 16.1 Å². The molecule has 150 valence electrons. The van der Waals surface area contributed by atoms with Crippen molar-refractivity contribution < 1.29 is 9.53 Å². The number of carbonyl (C=O) groups excluding carboxylic acids is 1. The summed E-state index contributed by atoms with van der Waals surface area (Å²) in [4.78, 5) is 15.7. The molecule has 0 radical (unpaired) electrons. The van der Waals surface area contributed by atoms with Crippen molar-refractivity contribution in [3.63, 3.8) is 0 Å². The van der Waals surface area contributed by atoms with Crippen molar-refractivity contribution >= 4 is 5.97 Å². The van der Waals surface area contributed by atoms with Crippen LogP contribution in [0.4, 0.5) is 0 Å². The van der Waals surface area contributed by atoms with Gasteiger partial charge >= 0.3 is 5.97 Å². The molecule has 0 saturated heterocycles. The van der Waals surface area contributed by atoms with E-state index in [2.05, 4.69) is 36.2 Å². The fraction of sp³-hybridized carbons (Fsp3) is 0.583. The van der Waals surface area contributed by atoms with E-state index in [-0.39, 0.29) is 5.97 Å². The van der Waals surface area contributed by atoms with Gasteiger partial charge in [-0.15, -0.1) is 0 Å². The Balaban J connectivity index is 1.87. The van der Waals surface area contributed by atoms with Crippen molar-refractivity contribution in [2.24, 2.45) is 0 Å². The van der Waals surface area contributed by atoms with Gasteiger partial charge in [0.15, 0.2) is 0 Å². The molecule has 1 aromatic rings. The molecule has 3 nitrogen and oxygen atoms in total. The number of allylic oxidation sites excluding steroid dienone is 4. The van der Waals surface area contributed by atoms with Crippen LogP contribution in [0.15, 0.2) is 48.8 Å². The number of pyridine rings is 1. The van der Waals surface area contributed by atoms with Crippen LogP contribution in [0.3, 0.4) is 0 Å². The maximum Gasteiger partial charge on any atom is 0.306 e. The van der Waals surface area contributed by atoms with Gasteiger partial charge in [-0.1, -0.05) is 63.0 Å². The Morgan fingerprint density at radius 2 is 1.59 bits per heavy atom. The van der Waals surface area contributed by atoms with E-state index in [0.717, 1.165) is 37.7 Å². The monoisotopic (exact) mass is 371 g/mol. The molecule has 3 heteroatoms. The molecule has 0 spiro atoms. The molecule has 0 atom stereocenters. The van der Waals surface area contributed by atoms with Gasteiger partial charge in [-0.3, -0.25) is 9.78 Å². The number of unbranched alkanes of at least 4 members (excludes halogenated alkanes) is 8. The van der Waals surface area contributed by atoms with E-state index in [1.165, 1.54) is 38.5 Å². The fourth-order valence-corrected chi connectivity index (χ4v) is 2.78. The van der Waals surface area contributed by atoms with Gasteiger partial charge in [-0.25, -0.2) is 0 Å². The SMILES string of the molecule is CCCCCCC/C=C\CC/C=C\CCCCC(=O)OCc1cccnc1. The van der Waals surface area contributed by atoms with Gasteiger partial charge in [0, 0.05) is 24.4 Å². The highest BCUT2D eigenvalue weighted by Crippen LogP contribution is 2.07. The van der Waals surface area contributed by atoms with Crippen molar-refractivity contribution in [2.45, 2.75) is 90.6 Å². The average molecular weight is 372 g/mol. The van der Waals surface area contributed by atoms with Crippen LogP contribution < -0.4 is 0 Å². The molecule has 0 N–H and O–H groups in total. The maximum absolute atomic E-state index is 11.7. The second kappa shape index (κ2) is 17.5. The van der Waals surface area contributed by atoms with E-state index in [0.29, 0.717) is 13.0 Å². The fourth-order valence-electron chi connectivity index (χ4n) is 2.78. The summed E-state index contributed by atoms with van der Waals surface area (Å²) < 4.78 is 5.24. The maximum atomic E-state index is 11.7. The first-order valence-corrected chi connectivity index (χ1v) is 10.7. The molecule has 0 saturated carbocycles. The minimum atomic E-state index is -0.123. The van der Waals surface area contributed by atoms with Gasteiger partial charge in [0.1, 0.15) is 6.61 Å². The summed E-state index contributed by atoms with van der Waals surface area (Å²) in [6.45, 7) is 2.57. The second-order valence-corrected chi connectivity index (χ2v) is 6.99. The topological polar surface area (TPSA) is 39.2 Å². The number of hydrogen-bond acceptors (Lipinski definition) is 3. The average Bonchev–Trinajstić information content (AvgIpc) is 2.70. The molecule has 0 aliphatic carbocycles. The van der Waals surface area contributed by atoms with Crippen LogP contribution in [0.1, 0.15) is 89.5 Å². The molecule has 1 rings (SSSR count). The molecule has 0 aliphatic rings. The van der Waals surface area contributed by atoms with Gasteiger partial charge < -0.3 is 4.74 Å². The van der Waals surface area contributed by atoms with E-state index in [1.54, 1.807) is 12.4 Å². The minimum Gasteiger partial charge on any atom is -0.461 e. The number of nitrogens with zero attached hydrogens (tertiary/aromatic N) is 1. The second-order valence-electron chi connectivity index (χ2n) is 6.99. The largest absolute Gasteiger partial charge is 0.461 e. The summed E-state index contributed by atoms with van der Waals surface area (Å²) in [6.07, 6.45) is 26.3. The number of rotatable bonds is 16. The van der Waals surface area contributed by atoms with E-state index in [1.807, 2.05) is 12.1 Å². The van der Waals surface area contributed by atoms with Crippen molar-refractivity contribution in [1.29, 1.82) is 0 Å². The number of esters is 1. The third kappa shape index (κ3) is 14.9. The van der Waals surface area contributed by atoms with Crippen molar-refractivity contribution in [2.75, 3.05) is 0 Å². The van der Waals surface area contributed by atoms with E-state index >= 15 is 0 Å². The van der Waals surface area contributed by atoms with E-state index in [4.69, 9.17) is 4.74 Å². The molecule has 27 heavy (non-hydrogen) atoms. The zero-order valence-corrected chi connectivity index (χ0v) is 17.1. The molecule has 1 heterocycles. The predicted octanol–water partition coefficient (Wildman–Crippen LogP) is 6.94. The Morgan fingerprint density at radius 1 is 0.926 bits per heavy atom. The summed E-state index contributed by atoms with van der Waals surface area (Å²) in [7, 11) is 0. The van der Waals surface area contributed by atoms with Crippen LogP contribution in [0.5, 0.6) is 0 Å². The quantitative estimate of drug-likeness (QED) is 0.179. The van der Waals surface area contributed by atoms with Crippen molar-refractivity contribution in [3.8, 4) is 0 Å². The molecular formula is C24H37NO2. The molecule has 0 bridgehead atoms. The predicted molar refractivity (Wildman–Crippen MR) is 113 cm³/mol. The van der Waals surface area contributed by atoms with Gasteiger partial charge in [-0.2, -0.15) is 0 Å². The number of aromatic nitrogens is 1. The normalized spacial score (nSPS) is 11.4. The molecule has 0 unspecified atom stereocenters. The standard InChI is InChI=1S/C24H37NO2/c1-2-3-4-5-6-7-8-9-10-11-12-13-14-15-16-19-24(26)27-22-23-18-17-20-25-21-23/h8-9,12-13,17-18,20-21H,2-7,10-11,14-16,19,22H2,1H3/b9-8-,13-12-. The Hall–Kier alpha value is -1.90. The van der Waals surface area contributed by atoms with E-state index in [9.17, 15) is 4.79 Å². The first-order chi connectivity index (χ1) is 13.3. The van der Waals surface area contributed by atoms with Gasteiger partial charge in [0.2, 0.25) is 0 Å². The Labute approximate surface area is 165 Å². The number of hydrogen-bond donors (Lipinski definition) is 0. The Morgan fingerprint density at radius 3 is 2.26 bits per heavy atom. The summed E-state index contributed by atoms with van der Waals surface area (Å²) >= 11 is 0. The highest BCUT2D eigenvalue weighted by molar-refractivity contribution is 5.69. The smallest absolute Gasteiger partial charge is 0.306 e. The van der Waals surface area contributed by atoms with Crippen molar-refractivity contribution in [3.05, 3.63) is 54.4 Å². The van der Waals surface area contributed by atoms with Crippen LogP contribution >= 0.6 is 0 Å². The summed E-state index contributed by atoms with van der Waals surface area (Å²) in [5.41, 5.74) is 0.930. The van der Waals surface area contributed by atoms with E-state index < -0.39 is 0 Å². The van der Waals surface area contributed by atoms with Gasteiger partial charge in [-0.05, 0) is 51.0 Å².